The summed E-state index contributed by atoms with van der Waals surface area (Å²) in [5.74, 6) is 1.54. The number of ketones is 1. The normalized spacial score (nSPS) is 51.2. The fourth-order valence-electron chi connectivity index (χ4n) is 8.52. The Bertz CT molecular complexity index is 745. The average Bonchev–Trinajstić information content (AvgIpc) is 3.21. The molecule has 154 valence electrons. The number of Topliss-reactive ketones (excluding diaryl/α,β-unsaturated/α-hetero) is 1. The van der Waals surface area contributed by atoms with Crippen LogP contribution in [-0.4, -0.2) is 29.9 Å². The van der Waals surface area contributed by atoms with Gasteiger partial charge in [-0.3, -0.25) is 14.4 Å². The van der Waals surface area contributed by atoms with Crippen molar-refractivity contribution in [3.8, 4) is 0 Å². The molecule has 5 nitrogen and oxygen atoms in total. The molecule has 0 bridgehead atoms. The van der Waals surface area contributed by atoms with Gasteiger partial charge in [0.25, 0.3) is 0 Å². The Labute approximate surface area is 166 Å². The third-order valence-corrected chi connectivity index (χ3v) is 9.59. The molecule has 28 heavy (non-hydrogen) atoms. The Morgan fingerprint density at radius 1 is 0.964 bits per heavy atom. The third kappa shape index (κ3) is 2.28. The fourth-order valence-corrected chi connectivity index (χ4v) is 8.52. The summed E-state index contributed by atoms with van der Waals surface area (Å²) in [6.07, 6.45) is 8.51. The van der Waals surface area contributed by atoms with Gasteiger partial charge in [-0.2, -0.15) is 0 Å². The number of hydrogen-bond acceptors (Lipinski definition) is 5. The Balaban J connectivity index is 1.40. The first-order valence-electron chi connectivity index (χ1n) is 11.1. The Kier molecular flexibility index (Phi) is 3.87. The standard InChI is InChI=1S/C23H32O5/c1-13(24)27-15-6-9-22-12-23(22,11-15)19(26)10-16-17-4-5-20(28-14(2)25)21(17,3)8-7-18(16)22/h15-18,20H,4-12H2,1-3H3/t15-,16-,17-,18-,20-,21-,22-,23+/m0/s1. The molecule has 5 aliphatic carbocycles. The number of ether oxygens (including phenoxy) is 2. The molecule has 0 heterocycles. The van der Waals surface area contributed by atoms with Crippen molar-refractivity contribution in [2.75, 3.05) is 0 Å². The van der Waals surface area contributed by atoms with Crippen molar-refractivity contribution in [2.24, 2.45) is 34.0 Å². The third-order valence-electron chi connectivity index (χ3n) is 9.59. The molecule has 5 fully saturated rings. The monoisotopic (exact) mass is 388 g/mol. The van der Waals surface area contributed by atoms with Gasteiger partial charge >= 0.3 is 11.9 Å². The molecule has 0 amide bonds. The molecule has 0 spiro atoms. The van der Waals surface area contributed by atoms with E-state index in [2.05, 4.69) is 6.92 Å². The number of carbonyl (C=O) groups excluding carboxylic acids is 3. The lowest BCUT2D eigenvalue weighted by atomic mass is 9.50. The molecule has 0 aromatic rings. The Morgan fingerprint density at radius 3 is 2.43 bits per heavy atom. The lowest BCUT2D eigenvalue weighted by Crippen LogP contribution is -2.53. The highest BCUT2D eigenvalue weighted by Crippen LogP contribution is 2.81. The summed E-state index contributed by atoms with van der Waals surface area (Å²) < 4.78 is 11.2. The summed E-state index contributed by atoms with van der Waals surface area (Å²) in [5, 5.41) is 0. The van der Waals surface area contributed by atoms with E-state index >= 15 is 0 Å². The number of carbonyl (C=O) groups is 3. The van der Waals surface area contributed by atoms with Crippen molar-refractivity contribution < 1.29 is 23.9 Å². The lowest BCUT2D eigenvalue weighted by Gasteiger charge is -2.55. The maximum atomic E-state index is 13.4. The van der Waals surface area contributed by atoms with E-state index < -0.39 is 0 Å². The highest BCUT2D eigenvalue weighted by Gasteiger charge is 2.79. The van der Waals surface area contributed by atoms with Crippen molar-refractivity contribution in [3.05, 3.63) is 0 Å². The van der Waals surface area contributed by atoms with Gasteiger partial charge in [0, 0.05) is 31.1 Å². The van der Waals surface area contributed by atoms with Gasteiger partial charge in [-0.25, -0.2) is 0 Å². The maximum absolute atomic E-state index is 13.4. The van der Waals surface area contributed by atoms with Gasteiger partial charge in [-0.15, -0.1) is 0 Å². The van der Waals surface area contributed by atoms with E-state index in [-0.39, 0.29) is 40.4 Å². The first-order chi connectivity index (χ1) is 13.2. The quantitative estimate of drug-likeness (QED) is 0.673. The topological polar surface area (TPSA) is 69.7 Å². The van der Waals surface area contributed by atoms with Gasteiger partial charge in [-0.05, 0) is 74.5 Å². The summed E-state index contributed by atoms with van der Waals surface area (Å²) >= 11 is 0. The molecule has 0 aliphatic heterocycles. The molecule has 5 aliphatic rings. The van der Waals surface area contributed by atoms with E-state index in [4.69, 9.17) is 9.47 Å². The van der Waals surface area contributed by atoms with E-state index in [1.165, 1.54) is 13.8 Å². The molecule has 5 rings (SSSR count). The molecule has 0 aromatic heterocycles. The number of fused-ring (bicyclic) bond motifs is 3. The van der Waals surface area contributed by atoms with Crippen LogP contribution < -0.4 is 0 Å². The van der Waals surface area contributed by atoms with E-state index in [9.17, 15) is 14.4 Å². The molecule has 0 unspecified atom stereocenters. The van der Waals surface area contributed by atoms with Crippen molar-refractivity contribution in [1.82, 2.24) is 0 Å². The van der Waals surface area contributed by atoms with E-state index in [1.54, 1.807) is 0 Å². The van der Waals surface area contributed by atoms with Crippen molar-refractivity contribution >= 4 is 17.7 Å². The summed E-state index contributed by atoms with van der Waals surface area (Å²) in [5.41, 5.74) is -0.0355. The Morgan fingerprint density at radius 2 is 1.71 bits per heavy atom. The smallest absolute Gasteiger partial charge is 0.302 e. The maximum Gasteiger partial charge on any atom is 0.302 e. The van der Waals surface area contributed by atoms with Gasteiger partial charge in [0.15, 0.2) is 0 Å². The summed E-state index contributed by atoms with van der Waals surface area (Å²) in [7, 11) is 0. The second-order valence-electron chi connectivity index (χ2n) is 10.6. The van der Waals surface area contributed by atoms with Crippen LogP contribution in [0.4, 0.5) is 0 Å². The van der Waals surface area contributed by atoms with E-state index in [1.807, 2.05) is 0 Å². The van der Waals surface area contributed by atoms with Gasteiger partial charge in [0.1, 0.15) is 18.0 Å². The van der Waals surface area contributed by atoms with Crippen molar-refractivity contribution in [3.63, 3.8) is 0 Å². The van der Waals surface area contributed by atoms with Crippen LogP contribution in [-0.2, 0) is 23.9 Å². The zero-order valence-electron chi connectivity index (χ0n) is 17.3. The van der Waals surface area contributed by atoms with Crippen LogP contribution in [0.25, 0.3) is 0 Å². The minimum atomic E-state index is -0.230. The van der Waals surface area contributed by atoms with Crippen LogP contribution in [0.5, 0.6) is 0 Å². The fraction of sp³-hybridized carbons (Fsp3) is 0.870. The lowest BCUT2D eigenvalue weighted by molar-refractivity contribution is -0.163. The molecular formula is C23H32O5. The molecule has 0 radical (unpaired) electrons. The van der Waals surface area contributed by atoms with Crippen molar-refractivity contribution in [2.45, 2.75) is 90.8 Å². The van der Waals surface area contributed by atoms with Gasteiger partial charge in [-0.1, -0.05) is 6.92 Å². The first kappa shape index (κ1) is 18.6. The minimum Gasteiger partial charge on any atom is -0.463 e. The first-order valence-corrected chi connectivity index (χ1v) is 11.1. The molecule has 5 heteroatoms. The SMILES string of the molecule is CC(=O)O[C@H]1CC[C@@]23C[C@]2(C1)C(=O)C[C@H]1[C@@H]2CC[C@H](OC(C)=O)[C@@]2(C)CC[C@@H]13. The molecule has 0 N–H and O–H groups in total. The highest BCUT2D eigenvalue weighted by molar-refractivity contribution is 5.91. The van der Waals surface area contributed by atoms with Crippen LogP contribution in [0.1, 0.15) is 78.6 Å². The number of hydrogen-bond donors (Lipinski definition) is 0. The molecule has 5 saturated carbocycles. The largest absolute Gasteiger partial charge is 0.463 e. The molecule has 0 aromatic carbocycles. The number of esters is 2. The minimum absolute atomic E-state index is 0.00846. The summed E-state index contributed by atoms with van der Waals surface area (Å²) in [6, 6.07) is 0. The zero-order chi connectivity index (χ0) is 19.9. The average molecular weight is 389 g/mol. The van der Waals surface area contributed by atoms with Crippen LogP contribution in [0, 0.1) is 34.0 Å². The second kappa shape index (κ2) is 5.82. The second-order valence-corrected chi connectivity index (χ2v) is 10.6. The van der Waals surface area contributed by atoms with Crippen LogP contribution in [0.3, 0.4) is 0 Å². The molecular weight excluding hydrogens is 356 g/mol. The van der Waals surface area contributed by atoms with Crippen LogP contribution in [0.2, 0.25) is 0 Å². The van der Waals surface area contributed by atoms with Crippen LogP contribution in [0.15, 0.2) is 0 Å². The van der Waals surface area contributed by atoms with Gasteiger partial charge in [0.2, 0.25) is 0 Å². The predicted molar refractivity (Wildman–Crippen MR) is 101 cm³/mol. The zero-order valence-corrected chi connectivity index (χ0v) is 17.3. The predicted octanol–water partition coefficient (Wildman–Crippen LogP) is 3.83. The van der Waals surface area contributed by atoms with Gasteiger partial charge < -0.3 is 9.47 Å². The highest BCUT2D eigenvalue weighted by atomic mass is 16.5. The Hall–Kier alpha value is -1.39. The van der Waals surface area contributed by atoms with E-state index in [0.29, 0.717) is 30.0 Å². The molecule has 0 saturated heterocycles. The molecule has 8 atom stereocenters. The van der Waals surface area contributed by atoms with Gasteiger partial charge in [0.05, 0.1) is 0 Å². The van der Waals surface area contributed by atoms with Crippen molar-refractivity contribution in [1.29, 1.82) is 0 Å². The number of rotatable bonds is 2. The summed E-state index contributed by atoms with van der Waals surface area (Å²) in [4.78, 5) is 36.4. The van der Waals surface area contributed by atoms with E-state index in [0.717, 1.165) is 51.4 Å². The van der Waals surface area contributed by atoms with Crippen LogP contribution >= 0.6 is 0 Å². The summed E-state index contributed by atoms with van der Waals surface area (Å²) in [6.45, 7) is 5.27.